The van der Waals surface area contributed by atoms with Gasteiger partial charge < -0.3 is 10.1 Å². The Labute approximate surface area is 173 Å². The van der Waals surface area contributed by atoms with Gasteiger partial charge in [-0.1, -0.05) is 77.5 Å². The van der Waals surface area contributed by atoms with Crippen LogP contribution in [0.4, 0.5) is 0 Å². The lowest BCUT2D eigenvalue weighted by atomic mass is 9.97. The number of carbonyl (C=O) groups excluding carboxylic acids is 2. The third kappa shape index (κ3) is 5.79. The van der Waals surface area contributed by atoms with Crippen molar-refractivity contribution in [2.24, 2.45) is 0 Å². The van der Waals surface area contributed by atoms with E-state index in [1.165, 1.54) is 6.42 Å². The van der Waals surface area contributed by atoms with Crippen LogP contribution >= 0.6 is 22.6 Å². The van der Waals surface area contributed by atoms with Crippen molar-refractivity contribution in [2.75, 3.05) is 0 Å². The van der Waals surface area contributed by atoms with Gasteiger partial charge in [0.05, 0.1) is 0 Å². The fourth-order valence-electron chi connectivity index (χ4n) is 3.29. The van der Waals surface area contributed by atoms with Crippen LogP contribution in [-0.2, 0) is 16.0 Å². The molecule has 0 heterocycles. The van der Waals surface area contributed by atoms with Gasteiger partial charge in [-0.25, -0.2) is 4.79 Å². The predicted molar refractivity (Wildman–Crippen MR) is 114 cm³/mol. The van der Waals surface area contributed by atoms with Crippen molar-refractivity contribution in [2.45, 2.75) is 48.2 Å². The molecule has 3 atom stereocenters. The maximum atomic E-state index is 12.9. The molecule has 2 aromatic carbocycles. The summed E-state index contributed by atoms with van der Waals surface area (Å²) in [4.78, 5) is 25.5. The standard InChI is InChI=1S/C22H24INO3/c23-18-13-7-8-14-20(18)27-22(26)19(15-16-9-3-1-4-10-16)24-21(25)17-11-5-2-6-12-17/h1-6,9-12,18-20H,7-8,13-15H2,(H,24,25)/t18-,19+,20-/m1/s1. The van der Waals surface area contributed by atoms with Gasteiger partial charge in [0.1, 0.15) is 12.1 Å². The van der Waals surface area contributed by atoms with Gasteiger partial charge in [-0.15, -0.1) is 0 Å². The van der Waals surface area contributed by atoms with Crippen molar-refractivity contribution >= 4 is 34.5 Å². The topological polar surface area (TPSA) is 55.4 Å². The number of alkyl halides is 1. The highest BCUT2D eigenvalue weighted by Crippen LogP contribution is 2.27. The normalized spacial score (nSPS) is 20.5. The molecule has 5 heteroatoms. The number of amides is 1. The van der Waals surface area contributed by atoms with Crippen molar-refractivity contribution < 1.29 is 14.3 Å². The Hall–Kier alpha value is -1.89. The van der Waals surface area contributed by atoms with Crippen LogP contribution in [0.15, 0.2) is 60.7 Å². The van der Waals surface area contributed by atoms with Gasteiger partial charge in [0.25, 0.3) is 5.91 Å². The zero-order valence-corrected chi connectivity index (χ0v) is 17.3. The molecule has 0 saturated heterocycles. The van der Waals surface area contributed by atoms with Gasteiger partial charge in [0.2, 0.25) is 0 Å². The molecule has 0 spiro atoms. The minimum Gasteiger partial charge on any atom is -0.460 e. The summed E-state index contributed by atoms with van der Waals surface area (Å²) in [5.41, 5.74) is 1.52. The van der Waals surface area contributed by atoms with E-state index >= 15 is 0 Å². The van der Waals surface area contributed by atoms with E-state index in [4.69, 9.17) is 4.74 Å². The molecule has 0 aliphatic heterocycles. The molecule has 0 aromatic heterocycles. The number of halogens is 1. The second kappa shape index (κ2) is 9.88. The number of hydrogen-bond donors (Lipinski definition) is 1. The molecule has 2 aromatic rings. The van der Waals surface area contributed by atoms with Gasteiger partial charge >= 0.3 is 5.97 Å². The van der Waals surface area contributed by atoms with Gasteiger partial charge in [0, 0.05) is 15.9 Å². The first kappa shape index (κ1) is 19.9. The van der Waals surface area contributed by atoms with E-state index in [1.54, 1.807) is 12.1 Å². The summed E-state index contributed by atoms with van der Waals surface area (Å²) in [5, 5.41) is 2.87. The third-order valence-corrected chi connectivity index (χ3v) is 6.22. The van der Waals surface area contributed by atoms with Crippen LogP contribution in [-0.4, -0.2) is 27.9 Å². The molecule has 1 saturated carbocycles. The molecular weight excluding hydrogens is 453 g/mol. The van der Waals surface area contributed by atoms with Crippen LogP contribution in [0, 0.1) is 0 Å². The van der Waals surface area contributed by atoms with Crippen molar-refractivity contribution in [1.29, 1.82) is 0 Å². The highest BCUT2D eigenvalue weighted by molar-refractivity contribution is 14.1. The molecule has 27 heavy (non-hydrogen) atoms. The average Bonchev–Trinajstić information content (AvgIpc) is 2.70. The summed E-state index contributed by atoms with van der Waals surface area (Å²) in [6, 6.07) is 17.9. The molecule has 142 valence electrons. The molecule has 1 aliphatic carbocycles. The summed E-state index contributed by atoms with van der Waals surface area (Å²) in [6.07, 6.45) is 4.56. The largest absolute Gasteiger partial charge is 0.460 e. The summed E-state index contributed by atoms with van der Waals surface area (Å²) in [6.45, 7) is 0. The lowest BCUT2D eigenvalue weighted by Crippen LogP contribution is -2.45. The van der Waals surface area contributed by atoms with Crippen molar-refractivity contribution in [3.05, 3.63) is 71.8 Å². The van der Waals surface area contributed by atoms with E-state index in [1.807, 2.05) is 48.5 Å². The van der Waals surface area contributed by atoms with E-state index in [-0.39, 0.29) is 18.0 Å². The smallest absolute Gasteiger partial charge is 0.329 e. The SMILES string of the molecule is O=C(N[C@@H](Cc1ccccc1)C(=O)O[C@@H]1CCCC[C@H]1I)c1ccccc1. The Morgan fingerprint density at radius 3 is 2.30 bits per heavy atom. The number of carbonyl (C=O) groups is 2. The second-order valence-corrected chi connectivity index (χ2v) is 8.46. The first-order valence-corrected chi connectivity index (χ1v) is 10.6. The fraction of sp³-hybridized carbons (Fsp3) is 0.364. The summed E-state index contributed by atoms with van der Waals surface area (Å²) >= 11 is 2.37. The minimum atomic E-state index is -0.703. The maximum absolute atomic E-state index is 12.9. The molecule has 1 aliphatic rings. The molecular formula is C22H24INO3. The predicted octanol–water partition coefficient (Wildman–Crippen LogP) is 4.32. The van der Waals surface area contributed by atoms with E-state index in [0.717, 1.165) is 24.8 Å². The van der Waals surface area contributed by atoms with E-state index < -0.39 is 6.04 Å². The van der Waals surface area contributed by atoms with Crippen LogP contribution in [0.1, 0.15) is 41.6 Å². The maximum Gasteiger partial charge on any atom is 0.329 e. The molecule has 1 N–H and O–H groups in total. The quantitative estimate of drug-likeness (QED) is 0.383. The minimum absolute atomic E-state index is 0.0706. The van der Waals surface area contributed by atoms with Crippen LogP contribution in [0.3, 0.4) is 0 Å². The number of hydrogen-bond acceptors (Lipinski definition) is 3. The Morgan fingerprint density at radius 2 is 1.63 bits per heavy atom. The average molecular weight is 477 g/mol. The molecule has 0 radical (unpaired) electrons. The highest BCUT2D eigenvalue weighted by atomic mass is 127. The molecule has 4 nitrogen and oxygen atoms in total. The number of nitrogens with one attached hydrogen (secondary N) is 1. The van der Waals surface area contributed by atoms with Gasteiger partial charge in [-0.05, 0) is 37.0 Å². The van der Waals surface area contributed by atoms with E-state index in [9.17, 15) is 9.59 Å². The van der Waals surface area contributed by atoms with Crippen molar-refractivity contribution in [1.82, 2.24) is 5.32 Å². The van der Waals surface area contributed by atoms with Gasteiger partial charge in [-0.3, -0.25) is 4.79 Å². The highest BCUT2D eigenvalue weighted by Gasteiger charge is 2.30. The molecule has 0 unspecified atom stereocenters. The lowest BCUT2D eigenvalue weighted by Gasteiger charge is -2.29. The summed E-state index contributed by atoms with van der Waals surface area (Å²) in [5.74, 6) is -0.611. The number of rotatable bonds is 6. The monoisotopic (exact) mass is 477 g/mol. The first-order valence-electron chi connectivity index (χ1n) is 9.38. The summed E-state index contributed by atoms with van der Waals surface area (Å²) < 4.78 is 6.15. The van der Waals surface area contributed by atoms with E-state index in [0.29, 0.717) is 15.9 Å². The van der Waals surface area contributed by atoms with Crippen LogP contribution < -0.4 is 5.32 Å². The first-order chi connectivity index (χ1) is 13.1. The molecule has 1 amide bonds. The zero-order chi connectivity index (χ0) is 19.1. The Kier molecular flexibility index (Phi) is 7.26. The van der Waals surface area contributed by atoms with Crippen LogP contribution in [0.2, 0.25) is 0 Å². The van der Waals surface area contributed by atoms with Crippen LogP contribution in [0.5, 0.6) is 0 Å². The fourth-order valence-corrected chi connectivity index (χ4v) is 4.24. The number of ether oxygens (including phenoxy) is 1. The van der Waals surface area contributed by atoms with Gasteiger partial charge in [-0.2, -0.15) is 0 Å². The number of benzene rings is 2. The number of esters is 1. The second-order valence-electron chi connectivity index (χ2n) is 6.86. The van der Waals surface area contributed by atoms with Crippen LogP contribution in [0.25, 0.3) is 0 Å². The molecule has 3 rings (SSSR count). The zero-order valence-electron chi connectivity index (χ0n) is 15.1. The Bertz CT molecular complexity index is 751. The Morgan fingerprint density at radius 1 is 1.00 bits per heavy atom. The van der Waals surface area contributed by atoms with Gasteiger partial charge in [0.15, 0.2) is 0 Å². The molecule has 1 fully saturated rings. The lowest BCUT2D eigenvalue weighted by molar-refractivity contribution is -0.152. The third-order valence-electron chi connectivity index (χ3n) is 4.80. The Balaban J connectivity index is 1.72. The van der Waals surface area contributed by atoms with E-state index in [2.05, 4.69) is 27.9 Å². The van der Waals surface area contributed by atoms with Crippen molar-refractivity contribution in [3.8, 4) is 0 Å². The van der Waals surface area contributed by atoms with Crippen molar-refractivity contribution in [3.63, 3.8) is 0 Å². The summed E-state index contributed by atoms with van der Waals surface area (Å²) in [7, 11) is 0. The molecule has 0 bridgehead atoms.